The molecular weight excluding hydrogens is 1420 g/mol. The van der Waals surface area contributed by atoms with Crippen LogP contribution in [0.2, 0.25) is 5.28 Å². The molecular formula is C100H55ClN6O2S2. The van der Waals surface area contributed by atoms with Gasteiger partial charge in [-0.05, 0) is 125 Å². The minimum Gasteiger partial charge on any atom is -0.455 e. The summed E-state index contributed by atoms with van der Waals surface area (Å²) in [5.74, 6) is 0.642. The molecule has 111 heavy (non-hydrogen) atoms. The number of furan rings is 2. The molecule has 18 aromatic carbocycles. The molecule has 0 aliphatic carbocycles. The van der Waals surface area contributed by atoms with Gasteiger partial charge in [0.15, 0.2) is 0 Å². The lowest BCUT2D eigenvalue weighted by atomic mass is 9.91. The number of nitrogens with zero attached hydrogens (tertiary/aromatic N) is 5. The maximum Gasteiger partial charge on any atom is 0.236 e. The van der Waals surface area contributed by atoms with Crippen LogP contribution in [0.4, 0.5) is 0 Å². The Hall–Kier alpha value is -13.9. The van der Waals surface area contributed by atoms with Gasteiger partial charge in [0.25, 0.3) is 0 Å². The Bertz CT molecular complexity index is 8460. The zero-order valence-corrected chi connectivity index (χ0v) is 61.3. The van der Waals surface area contributed by atoms with Crippen molar-refractivity contribution in [2.75, 3.05) is 0 Å². The fourth-order valence-corrected chi connectivity index (χ4v) is 20.5. The molecule has 8 aromatic heterocycles. The Kier molecular flexibility index (Phi) is 13.5. The van der Waals surface area contributed by atoms with Crippen LogP contribution in [0.25, 0.3) is 243 Å². The van der Waals surface area contributed by atoms with Crippen molar-refractivity contribution >= 4 is 249 Å². The molecule has 0 atom stereocenters. The molecule has 11 heteroatoms. The van der Waals surface area contributed by atoms with E-state index in [1.54, 1.807) is 22.7 Å². The molecule has 8 heterocycles. The number of hydrogen-bond acceptors (Lipinski definition) is 8. The van der Waals surface area contributed by atoms with Crippen molar-refractivity contribution in [3.8, 4) is 28.5 Å². The lowest BCUT2D eigenvalue weighted by Gasteiger charge is -2.13. The summed E-state index contributed by atoms with van der Waals surface area (Å²) < 4.78 is 17.6. The number of aromatic amines is 1. The molecule has 26 aromatic rings. The van der Waals surface area contributed by atoms with Gasteiger partial charge in [-0.3, -0.25) is 4.57 Å². The van der Waals surface area contributed by atoms with Crippen molar-refractivity contribution in [1.29, 1.82) is 0 Å². The van der Waals surface area contributed by atoms with Gasteiger partial charge in [-0.25, -0.2) is 19.9 Å². The van der Waals surface area contributed by atoms with Crippen LogP contribution in [0.5, 0.6) is 0 Å². The van der Waals surface area contributed by atoms with Crippen molar-refractivity contribution in [3.63, 3.8) is 0 Å². The van der Waals surface area contributed by atoms with Crippen molar-refractivity contribution in [2.45, 2.75) is 0 Å². The molecule has 0 bridgehead atoms. The summed E-state index contributed by atoms with van der Waals surface area (Å²) >= 11 is 9.63. The molecule has 516 valence electrons. The first kappa shape index (κ1) is 62.2. The van der Waals surface area contributed by atoms with Gasteiger partial charge >= 0.3 is 0 Å². The van der Waals surface area contributed by atoms with Crippen LogP contribution in [-0.2, 0) is 0 Å². The Morgan fingerprint density at radius 2 is 0.685 bits per heavy atom. The molecule has 0 saturated heterocycles. The van der Waals surface area contributed by atoms with E-state index >= 15 is 0 Å². The number of halogens is 1. The summed E-state index contributed by atoms with van der Waals surface area (Å²) in [5.41, 5.74) is 11.6. The molecule has 26 rings (SSSR count). The molecule has 0 amide bonds. The van der Waals surface area contributed by atoms with Crippen molar-refractivity contribution in [1.82, 2.24) is 29.5 Å². The maximum absolute atomic E-state index is 6.66. The quantitative estimate of drug-likeness (QED) is 0.140. The first-order chi connectivity index (χ1) is 55.0. The molecule has 0 radical (unpaired) electrons. The van der Waals surface area contributed by atoms with Crippen molar-refractivity contribution in [3.05, 3.63) is 333 Å². The van der Waals surface area contributed by atoms with E-state index in [1.807, 2.05) is 54.6 Å². The van der Waals surface area contributed by atoms with E-state index in [-0.39, 0.29) is 5.28 Å². The molecule has 0 aliphatic heterocycles. The summed E-state index contributed by atoms with van der Waals surface area (Å²) in [5, 5.41) is 34.3. The fraction of sp³-hybridized carbons (Fsp3) is 0. The van der Waals surface area contributed by atoms with Gasteiger partial charge in [-0.2, -0.15) is 0 Å². The lowest BCUT2D eigenvalue weighted by molar-refractivity contribution is 0.669. The first-order valence-electron chi connectivity index (χ1n) is 37.2. The second kappa shape index (κ2) is 24.1. The molecule has 0 unspecified atom stereocenters. The topological polar surface area (TPSA) is 98.6 Å². The van der Waals surface area contributed by atoms with E-state index in [0.717, 1.165) is 114 Å². The van der Waals surface area contributed by atoms with E-state index in [1.165, 1.54) is 123 Å². The summed E-state index contributed by atoms with van der Waals surface area (Å²) in [4.78, 5) is 25.8. The van der Waals surface area contributed by atoms with Crippen LogP contribution in [0, 0.1) is 0 Å². The normalized spacial score (nSPS) is 12.2. The minimum atomic E-state index is 0.247. The Labute approximate surface area is 643 Å². The number of rotatable bonds is 3. The Morgan fingerprint density at radius 1 is 0.279 bits per heavy atom. The number of fused-ring (bicyclic) bond motifs is 36. The predicted molar refractivity (Wildman–Crippen MR) is 470 cm³/mol. The summed E-state index contributed by atoms with van der Waals surface area (Å²) in [7, 11) is 0. The number of H-pyrrole nitrogens is 1. The molecule has 1 N–H and O–H groups in total. The number of benzene rings is 18. The summed E-state index contributed by atoms with van der Waals surface area (Å²) in [6.07, 6.45) is 0. The van der Waals surface area contributed by atoms with E-state index in [2.05, 4.69) is 293 Å². The minimum absolute atomic E-state index is 0.247. The van der Waals surface area contributed by atoms with Gasteiger partial charge in [0.1, 0.15) is 32.0 Å². The summed E-state index contributed by atoms with van der Waals surface area (Å²) in [6.45, 7) is 0. The van der Waals surface area contributed by atoms with Crippen LogP contribution in [0.3, 0.4) is 0 Å². The molecule has 0 aliphatic rings. The SMILES string of the molecule is Clc1nc(-c2cccc3c2oc2ccccc23)c2c(n1)sc1ccccc12.c1ccc2c(c1)ccc1c2[nH]c2ccc3c4ccccc4c4ccccc4c3c21.c1ccc2c(c1)ccc1c3c4c5ccccc5c5ccccc5c4ccc3n(-c3nc(-c4cccc5c4oc4ccccc45)c4c(n3)sc3ccccc34)c21. The van der Waals surface area contributed by atoms with Gasteiger partial charge in [0.05, 0.1) is 27.9 Å². The monoisotopic (exact) mass is 1470 g/mol. The molecule has 0 fully saturated rings. The third-order valence-corrected chi connectivity index (χ3v) is 25.1. The zero-order chi connectivity index (χ0) is 72.7. The first-order valence-corrected chi connectivity index (χ1v) is 39.2. The Morgan fingerprint density at radius 3 is 1.25 bits per heavy atom. The van der Waals surface area contributed by atoms with Gasteiger partial charge in [0, 0.05) is 112 Å². The third kappa shape index (κ3) is 9.21. The predicted octanol–water partition coefficient (Wildman–Crippen LogP) is 29.1. The highest BCUT2D eigenvalue weighted by molar-refractivity contribution is 7.26. The zero-order valence-electron chi connectivity index (χ0n) is 58.9. The fourth-order valence-electron chi connectivity index (χ4n) is 18.2. The van der Waals surface area contributed by atoms with E-state index in [9.17, 15) is 0 Å². The number of thiophene rings is 2. The van der Waals surface area contributed by atoms with Gasteiger partial charge < -0.3 is 13.8 Å². The van der Waals surface area contributed by atoms with Crippen LogP contribution < -0.4 is 0 Å². The highest BCUT2D eigenvalue weighted by Gasteiger charge is 2.27. The smallest absolute Gasteiger partial charge is 0.236 e. The third-order valence-electron chi connectivity index (χ3n) is 22.8. The number of hydrogen-bond donors (Lipinski definition) is 1. The highest BCUT2D eigenvalue weighted by Crippen LogP contribution is 2.50. The number of aromatic nitrogens is 6. The van der Waals surface area contributed by atoms with Crippen LogP contribution in [-0.4, -0.2) is 29.5 Å². The van der Waals surface area contributed by atoms with Gasteiger partial charge in [0.2, 0.25) is 11.2 Å². The van der Waals surface area contributed by atoms with Crippen molar-refractivity contribution < 1.29 is 8.83 Å². The van der Waals surface area contributed by atoms with E-state index in [0.29, 0.717) is 5.95 Å². The highest BCUT2D eigenvalue weighted by atomic mass is 35.5. The average Bonchev–Trinajstić information content (AvgIpc) is 1.09. The second-order valence-electron chi connectivity index (χ2n) is 28.7. The number of para-hydroxylation sites is 4. The van der Waals surface area contributed by atoms with Crippen molar-refractivity contribution in [2.24, 2.45) is 0 Å². The van der Waals surface area contributed by atoms with Crippen LogP contribution in [0.1, 0.15) is 0 Å². The lowest BCUT2D eigenvalue weighted by Crippen LogP contribution is -2.03. The summed E-state index contributed by atoms with van der Waals surface area (Å²) in [6, 6.07) is 116. The van der Waals surface area contributed by atoms with E-state index in [4.69, 9.17) is 30.4 Å². The molecule has 0 saturated carbocycles. The van der Waals surface area contributed by atoms with Crippen LogP contribution >= 0.6 is 34.3 Å². The number of nitrogens with one attached hydrogen (secondary N) is 1. The van der Waals surface area contributed by atoms with Crippen LogP contribution in [0.15, 0.2) is 336 Å². The van der Waals surface area contributed by atoms with Gasteiger partial charge in [-0.1, -0.05) is 279 Å². The van der Waals surface area contributed by atoms with E-state index < -0.39 is 0 Å². The standard InChI is InChI=1S/C50H27N3OS.C28H17N.C22H11ClN2OS/c1-2-13-29-28(12-1)24-25-38-44-40(27-26-35-32-16-4-3-14-30(32)31-15-5-6-18-34(31)43(35)44)53(47(29)38)50-51-46(45-37-19-8-10-23-42(37)55-49(45)52-50)39-21-11-20-36-33-17-7-9-22-41(33)54-48(36)39;1-2-8-18-17(7-1)13-14-24-27-25(29-28(18)24)16-15-23-21-11-4-3-9-19(21)20-10-5-6-12-22(20)26(23)27;23-22-24-19(18-14-7-2-4-11-17(14)27-21(18)25-22)15-9-5-8-13-12-6-1-3-10-16(12)26-20(13)15/h1-27H;1-16,29H;1-11H. The molecule has 8 nitrogen and oxygen atoms in total. The average molecular weight is 1470 g/mol. The maximum atomic E-state index is 6.66. The second-order valence-corrected chi connectivity index (χ2v) is 31.1. The molecule has 0 spiro atoms. The van der Waals surface area contributed by atoms with Gasteiger partial charge in [-0.15, -0.1) is 22.7 Å². The largest absolute Gasteiger partial charge is 0.455 e. The Balaban J connectivity index is 0.000000107.